The normalized spacial score (nSPS) is 11.1. The Morgan fingerprint density at radius 1 is 1.23 bits per heavy atom. The minimum absolute atomic E-state index is 0.229. The predicted molar refractivity (Wildman–Crippen MR) is 86.5 cm³/mol. The quantitative estimate of drug-likeness (QED) is 0.800. The van der Waals surface area contributed by atoms with E-state index in [-0.39, 0.29) is 11.8 Å². The zero-order valence-corrected chi connectivity index (χ0v) is 13.0. The Kier molecular flexibility index (Phi) is 3.81. The zero-order valence-electron chi connectivity index (χ0n) is 12.2. The molecule has 1 aromatic carbocycles. The van der Waals surface area contributed by atoms with Crippen molar-refractivity contribution < 1.29 is 4.79 Å². The number of carbonyl (C=O) groups excluding carboxylic acids is 1. The first-order valence-electron chi connectivity index (χ1n) is 6.96. The van der Waals surface area contributed by atoms with Gasteiger partial charge < -0.3 is 5.32 Å². The largest absolute Gasteiger partial charge is 0.321 e. The highest BCUT2D eigenvalue weighted by Gasteiger charge is 2.14. The molecule has 0 aliphatic heterocycles. The van der Waals surface area contributed by atoms with E-state index in [1.54, 1.807) is 47.1 Å². The Labute approximate surface area is 132 Å². The molecule has 1 amide bonds. The van der Waals surface area contributed by atoms with Crippen LogP contribution >= 0.6 is 11.6 Å². The summed E-state index contributed by atoms with van der Waals surface area (Å²) in [6, 6.07) is 10.5. The molecule has 3 aromatic rings. The molecule has 0 saturated carbocycles. The highest BCUT2D eigenvalue weighted by molar-refractivity contribution is 6.30. The fraction of sp³-hybridized carbons (Fsp3) is 0.188. The number of hydrogen-bond donors (Lipinski definition) is 1. The van der Waals surface area contributed by atoms with Crippen molar-refractivity contribution in [2.24, 2.45) is 0 Å². The van der Waals surface area contributed by atoms with Crippen LogP contribution in [0.2, 0.25) is 5.02 Å². The molecule has 1 N–H and O–H groups in total. The van der Waals surface area contributed by atoms with Crippen molar-refractivity contribution in [3.63, 3.8) is 0 Å². The predicted octanol–water partition coefficient (Wildman–Crippen LogP) is 3.76. The lowest BCUT2D eigenvalue weighted by molar-refractivity contribution is 0.102. The van der Waals surface area contributed by atoms with Gasteiger partial charge in [0, 0.05) is 22.5 Å². The Bertz CT molecular complexity index is 824. The summed E-state index contributed by atoms with van der Waals surface area (Å²) in [6.07, 6.45) is 1.68. The fourth-order valence-electron chi connectivity index (χ4n) is 2.19. The van der Waals surface area contributed by atoms with Crippen LogP contribution in [0.15, 0.2) is 42.6 Å². The van der Waals surface area contributed by atoms with E-state index in [2.05, 4.69) is 29.2 Å². The van der Waals surface area contributed by atoms with E-state index in [9.17, 15) is 4.79 Å². The summed E-state index contributed by atoms with van der Waals surface area (Å²) >= 11 is 5.84. The lowest BCUT2D eigenvalue weighted by atomic mass is 10.1. The summed E-state index contributed by atoms with van der Waals surface area (Å²) in [5.41, 5.74) is 2.64. The molecule has 22 heavy (non-hydrogen) atoms. The number of benzene rings is 1. The fourth-order valence-corrected chi connectivity index (χ4v) is 2.32. The lowest BCUT2D eigenvalue weighted by Gasteiger charge is -2.11. The number of rotatable bonds is 3. The van der Waals surface area contributed by atoms with Crippen molar-refractivity contribution in [2.75, 3.05) is 5.32 Å². The highest BCUT2D eigenvalue weighted by Crippen LogP contribution is 2.18. The van der Waals surface area contributed by atoms with Gasteiger partial charge in [-0.2, -0.15) is 5.10 Å². The molecule has 0 saturated heterocycles. The highest BCUT2D eigenvalue weighted by atomic mass is 35.5. The van der Waals surface area contributed by atoms with Gasteiger partial charge in [0.25, 0.3) is 5.91 Å². The maximum absolute atomic E-state index is 12.4. The number of fused-ring (bicyclic) bond motifs is 1. The van der Waals surface area contributed by atoms with Crippen molar-refractivity contribution in [1.82, 2.24) is 14.6 Å². The van der Waals surface area contributed by atoms with Crippen LogP contribution in [-0.4, -0.2) is 20.5 Å². The SMILES string of the molecule is CC(C)c1cc(C(=O)Nc2ccc(Cl)cc2)nc2ccnn12. The number of carbonyl (C=O) groups is 1. The summed E-state index contributed by atoms with van der Waals surface area (Å²) < 4.78 is 1.75. The van der Waals surface area contributed by atoms with Gasteiger partial charge in [-0.3, -0.25) is 4.79 Å². The van der Waals surface area contributed by atoms with Gasteiger partial charge in [-0.25, -0.2) is 9.50 Å². The zero-order chi connectivity index (χ0) is 15.7. The molecule has 0 aliphatic rings. The number of anilines is 1. The van der Waals surface area contributed by atoms with E-state index < -0.39 is 0 Å². The topological polar surface area (TPSA) is 59.3 Å². The number of nitrogens with one attached hydrogen (secondary N) is 1. The number of aromatic nitrogens is 3. The van der Waals surface area contributed by atoms with Crippen molar-refractivity contribution >= 4 is 28.8 Å². The van der Waals surface area contributed by atoms with Gasteiger partial charge in [-0.05, 0) is 36.2 Å². The second kappa shape index (κ2) is 5.77. The summed E-state index contributed by atoms with van der Waals surface area (Å²) in [5, 5.41) is 7.68. The Morgan fingerprint density at radius 3 is 2.64 bits per heavy atom. The van der Waals surface area contributed by atoms with Crippen LogP contribution in [0.1, 0.15) is 35.9 Å². The summed E-state index contributed by atoms with van der Waals surface area (Å²) in [5.74, 6) is -0.0274. The average molecular weight is 315 g/mol. The van der Waals surface area contributed by atoms with E-state index in [1.165, 1.54) is 0 Å². The minimum Gasteiger partial charge on any atom is -0.321 e. The minimum atomic E-state index is -0.257. The molecule has 3 rings (SSSR count). The van der Waals surface area contributed by atoms with Crippen molar-refractivity contribution in [3.05, 3.63) is 59.0 Å². The van der Waals surface area contributed by atoms with Crippen LogP contribution in [0.3, 0.4) is 0 Å². The third-order valence-corrected chi connectivity index (χ3v) is 3.57. The van der Waals surface area contributed by atoms with Crippen molar-refractivity contribution in [1.29, 1.82) is 0 Å². The second-order valence-electron chi connectivity index (χ2n) is 5.28. The molecule has 2 heterocycles. The standard InChI is InChI=1S/C16H15ClN4O/c1-10(2)14-9-13(20-15-7-8-18-21(14)15)16(22)19-12-5-3-11(17)4-6-12/h3-10H,1-2H3,(H,19,22). The lowest BCUT2D eigenvalue weighted by Crippen LogP contribution is -2.16. The Balaban J connectivity index is 1.95. The average Bonchev–Trinajstić information content (AvgIpc) is 2.96. The monoisotopic (exact) mass is 314 g/mol. The van der Waals surface area contributed by atoms with Crippen LogP contribution in [0, 0.1) is 0 Å². The first-order chi connectivity index (χ1) is 10.5. The molecule has 0 atom stereocenters. The number of amides is 1. The van der Waals surface area contributed by atoms with Gasteiger partial charge in [0.1, 0.15) is 5.69 Å². The molecule has 6 heteroatoms. The van der Waals surface area contributed by atoms with Crippen LogP contribution in [0.4, 0.5) is 5.69 Å². The third kappa shape index (κ3) is 2.80. The van der Waals surface area contributed by atoms with E-state index in [1.807, 2.05) is 0 Å². The molecular formula is C16H15ClN4O. The van der Waals surface area contributed by atoms with E-state index >= 15 is 0 Å². The maximum Gasteiger partial charge on any atom is 0.274 e. The van der Waals surface area contributed by atoms with Gasteiger partial charge in [0.15, 0.2) is 5.65 Å². The van der Waals surface area contributed by atoms with E-state index in [0.717, 1.165) is 5.69 Å². The molecule has 5 nitrogen and oxygen atoms in total. The Hall–Kier alpha value is -2.40. The van der Waals surface area contributed by atoms with Gasteiger partial charge in [0.05, 0.1) is 6.20 Å². The molecular weight excluding hydrogens is 300 g/mol. The van der Waals surface area contributed by atoms with Crippen LogP contribution < -0.4 is 5.32 Å². The molecule has 0 spiro atoms. The first-order valence-corrected chi connectivity index (χ1v) is 7.34. The molecule has 0 aliphatic carbocycles. The van der Waals surface area contributed by atoms with E-state index in [4.69, 9.17) is 11.6 Å². The third-order valence-electron chi connectivity index (χ3n) is 3.31. The smallest absolute Gasteiger partial charge is 0.274 e. The van der Waals surface area contributed by atoms with Crippen molar-refractivity contribution in [3.8, 4) is 0 Å². The first kappa shape index (κ1) is 14.5. The van der Waals surface area contributed by atoms with E-state index in [0.29, 0.717) is 22.1 Å². The maximum atomic E-state index is 12.4. The molecule has 2 aromatic heterocycles. The summed E-state index contributed by atoms with van der Waals surface area (Å²) in [4.78, 5) is 16.8. The summed E-state index contributed by atoms with van der Waals surface area (Å²) in [7, 11) is 0. The van der Waals surface area contributed by atoms with Gasteiger partial charge in [-0.15, -0.1) is 0 Å². The molecule has 0 fully saturated rings. The van der Waals surface area contributed by atoms with Gasteiger partial charge >= 0.3 is 0 Å². The number of nitrogens with zero attached hydrogens (tertiary/aromatic N) is 3. The van der Waals surface area contributed by atoms with Crippen LogP contribution in [0.5, 0.6) is 0 Å². The molecule has 0 unspecified atom stereocenters. The van der Waals surface area contributed by atoms with Gasteiger partial charge in [0.2, 0.25) is 0 Å². The Morgan fingerprint density at radius 2 is 1.95 bits per heavy atom. The van der Waals surface area contributed by atoms with Crippen LogP contribution in [-0.2, 0) is 0 Å². The molecule has 0 bridgehead atoms. The summed E-state index contributed by atoms with van der Waals surface area (Å²) in [6.45, 7) is 4.11. The number of hydrogen-bond acceptors (Lipinski definition) is 3. The van der Waals surface area contributed by atoms with Crippen molar-refractivity contribution in [2.45, 2.75) is 19.8 Å². The molecule has 0 radical (unpaired) electrons. The van der Waals surface area contributed by atoms with Crippen LogP contribution in [0.25, 0.3) is 5.65 Å². The molecule has 112 valence electrons. The number of halogens is 1. The second-order valence-corrected chi connectivity index (χ2v) is 5.72. The van der Waals surface area contributed by atoms with Gasteiger partial charge in [-0.1, -0.05) is 25.4 Å².